The van der Waals surface area contributed by atoms with Crippen LogP contribution in [0, 0.1) is 11.7 Å². The first-order valence-corrected chi connectivity index (χ1v) is 13.5. The molecule has 2 N–H and O–H groups in total. The lowest BCUT2D eigenvalue weighted by atomic mass is 9.94. The molecule has 2 saturated heterocycles. The van der Waals surface area contributed by atoms with Crippen molar-refractivity contribution >= 4 is 23.4 Å². The van der Waals surface area contributed by atoms with Crippen molar-refractivity contribution in [1.29, 1.82) is 0 Å². The summed E-state index contributed by atoms with van der Waals surface area (Å²) in [7, 11) is 1.74. The highest BCUT2D eigenvalue weighted by Crippen LogP contribution is 2.33. The highest BCUT2D eigenvalue weighted by Gasteiger charge is 2.39. The van der Waals surface area contributed by atoms with Crippen LogP contribution in [-0.4, -0.2) is 67.7 Å². The Labute approximate surface area is 227 Å². The first-order valence-electron chi connectivity index (χ1n) is 13.5. The quantitative estimate of drug-likeness (QED) is 0.584. The molecular formula is C29H34FN3O6. The molecular weight excluding hydrogens is 505 g/mol. The van der Waals surface area contributed by atoms with Gasteiger partial charge in [0.05, 0.1) is 24.1 Å². The minimum absolute atomic E-state index is 0.0736. The molecule has 0 aliphatic carbocycles. The van der Waals surface area contributed by atoms with Crippen molar-refractivity contribution in [2.45, 2.75) is 56.9 Å². The van der Waals surface area contributed by atoms with Gasteiger partial charge >= 0.3 is 0 Å². The van der Waals surface area contributed by atoms with Crippen LogP contribution in [0.2, 0.25) is 0 Å². The molecule has 5 rings (SSSR count). The maximum atomic E-state index is 13.8. The van der Waals surface area contributed by atoms with Crippen LogP contribution in [0.15, 0.2) is 42.5 Å². The lowest BCUT2D eigenvalue weighted by molar-refractivity contribution is -0.134. The number of hydrogen-bond acceptors (Lipinski definition) is 6. The topological polar surface area (TPSA) is 106 Å². The van der Waals surface area contributed by atoms with Crippen LogP contribution >= 0.6 is 0 Å². The Balaban J connectivity index is 1.20. The Hall–Kier alpha value is -3.50. The summed E-state index contributed by atoms with van der Waals surface area (Å²) in [4.78, 5) is 40.3. The van der Waals surface area contributed by atoms with Gasteiger partial charge in [-0.25, -0.2) is 4.39 Å². The molecule has 0 unspecified atom stereocenters. The molecule has 0 saturated carbocycles. The van der Waals surface area contributed by atoms with Crippen LogP contribution in [-0.2, 0) is 25.6 Å². The number of nitrogens with one attached hydrogen (secondary N) is 2. The van der Waals surface area contributed by atoms with Crippen molar-refractivity contribution < 1.29 is 33.0 Å². The van der Waals surface area contributed by atoms with Crippen LogP contribution < -0.4 is 15.4 Å². The van der Waals surface area contributed by atoms with E-state index in [1.807, 2.05) is 0 Å². The third kappa shape index (κ3) is 6.39. The van der Waals surface area contributed by atoms with Gasteiger partial charge in [-0.05, 0) is 49.9 Å². The molecule has 3 heterocycles. The number of benzene rings is 2. The second-order valence-corrected chi connectivity index (χ2v) is 10.3. The summed E-state index contributed by atoms with van der Waals surface area (Å²) in [5.74, 6) is -0.559. The van der Waals surface area contributed by atoms with Gasteiger partial charge in [0, 0.05) is 44.0 Å². The van der Waals surface area contributed by atoms with Crippen molar-refractivity contribution in [1.82, 2.24) is 10.2 Å². The first-order chi connectivity index (χ1) is 18.9. The highest BCUT2D eigenvalue weighted by molar-refractivity contribution is 6.00. The Bertz CT molecular complexity index is 1220. The number of fused-ring (bicyclic) bond motifs is 2. The van der Waals surface area contributed by atoms with Crippen molar-refractivity contribution in [2.24, 2.45) is 5.92 Å². The van der Waals surface area contributed by atoms with Gasteiger partial charge in [-0.15, -0.1) is 0 Å². The average molecular weight is 540 g/mol. The smallest absolute Gasteiger partial charge is 0.257 e. The number of carbonyl (C=O) groups is 3. The van der Waals surface area contributed by atoms with Gasteiger partial charge in [-0.2, -0.15) is 0 Å². The number of amides is 3. The number of likely N-dealkylation sites (N-methyl/N-ethyl adjacent to an activating group) is 1. The zero-order valence-corrected chi connectivity index (χ0v) is 22.0. The van der Waals surface area contributed by atoms with E-state index >= 15 is 0 Å². The van der Waals surface area contributed by atoms with E-state index in [4.69, 9.17) is 14.2 Å². The van der Waals surface area contributed by atoms with Crippen molar-refractivity contribution in [3.05, 3.63) is 59.4 Å². The third-order valence-electron chi connectivity index (χ3n) is 7.72. The molecule has 3 aliphatic heterocycles. The maximum Gasteiger partial charge on any atom is 0.257 e. The van der Waals surface area contributed by atoms with Gasteiger partial charge in [0.15, 0.2) is 0 Å². The number of carbonyl (C=O) groups excluding carboxylic acids is 3. The fraction of sp³-hybridized carbons (Fsp3) is 0.483. The SMILES string of the molecule is CN1C(=O)c2cc(NC(=O)C3CCOCC3)ccc2OC[C@H]2O[C@@H](CC(=O)NCc3ccccc3F)CC[C@@H]21. The lowest BCUT2D eigenvalue weighted by Crippen LogP contribution is -2.53. The molecule has 10 heteroatoms. The fourth-order valence-corrected chi connectivity index (χ4v) is 5.42. The summed E-state index contributed by atoms with van der Waals surface area (Å²) >= 11 is 0. The molecule has 39 heavy (non-hydrogen) atoms. The van der Waals surface area contributed by atoms with Gasteiger partial charge in [0.25, 0.3) is 5.91 Å². The van der Waals surface area contributed by atoms with E-state index in [2.05, 4.69) is 10.6 Å². The van der Waals surface area contributed by atoms with E-state index in [9.17, 15) is 18.8 Å². The molecule has 0 aromatic heterocycles. The van der Waals surface area contributed by atoms with Crippen LogP contribution in [0.4, 0.5) is 10.1 Å². The molecule has 3 amide bonds. The molecule has 2 aromatic rings. The van der Waals surface area contributed by atoms with E-state index in [1.54, 1.807) is 48.3 Å². The van der Waals surface area contributed by atoms with Gasteiger partial charge in [-0.3, -0.25) is 14.4 Å². The van der Waals surface area contributed by atoms with Crippen LogP contribution in [0.5, 0.6) is 5.75 Å². The highest BCUT2D eigenvalue weighted by atomic mass is 19.1. The molecule has 3 atom stereocenters. The van der Waals surface area contributed by atoms with Crippen LogP contribution in [0.1, 0.15) is 48.0 Å². The van der Waals surface area contributed by atoms with E-state index in [-0.39, 0.29) is 61.2 Å². The number of ether oxygens (including phenoxy) is 3. The molecule has 3 aliphatic rings. The molecule has 0 bridgehead atoms. The molecule has 9 nitrogen and oxygen atoms in total. The maximum absolute atomic E-state index is 13.8. The Morgan fingerprint density at radius 2 is 1.87 bits per heavy atom. The van der Waals surface area contributed by atoms with Gasteiger partial charge < -0.3 is 29.7 Å². The predicted molar refractivity (Wildman–Crippen MR) is 141 cm³/mol. The summed E-state index contributed by atoms with van der Waals surface area (Å²) in [6.07, 6.45) is 2.01. The molecule has 0 radical (unpaired) electrons. The van der Waals surface area contributed by atoms with Gasteiger partial charge in [-0.1, -0.05) is 18.2 Å². The van der Waals surface area contributed by atoms with Crippen LogP contribution in [0.3, 0.4) is 0 Å². The third-order valence-corrected chi connectivity index (χ3v) is 7.72. The first kappa shape index (κ1) is 27.1. The monoisotopic (exact) mass is 539 g/mol. The largest absolute Gasteiger partial charge is 0.490 e. The zero-order chi connectivity index (χ0) is 27.4. The number of hydrogen-bond donors (Lipinski definition) is 2. The van der Waals surface area contributed by atoms with Crippen molar-refractivity contribution in [3.63, 3.8) is 0 Å². The minimum Gasteiger partial charge on any atom is -0.490 e. The van der Waals surface area contributed by atoms with E-state index < -0.39 is 6.10 Å². The Morgan fingerprint density at radius 1 is 1.08 bits per heavy atom. The van der Waals surface area contributed by atoms with Crippen molar-refractivity contribution in [3.8, 4) is 5.75 Å². The van der Waals surface area contributed by atoms with Gasteiger partial charge in [0.1, 0.15) is 24.3 Å². The summed E-state index contributed by atoms with van der Waals surface area (Å²) in [5, 5.41) is 5.69. The van der Waals surface area contributed by atoms with E-state index in [0.717, 1.165) is 0 Å². The molecule has 0 spiro atoms. The summed E-state index contributed by atoms with van der Waals surface area (Å²) in [6, 6.07) is 11.2. The van der Waals surface area contributed by atoms with Crippen LogP contribution in [0.25, 0.3) is 0 Å². The Morgan fingerprint density at radius 3 is 2.67 bits per heavy atom. The Kier molecular flexibility index (Phi) is 8.42. The number of anilines is 1. The number of nitrogens with zero attached hydrogens (tertiary/aromatic N) is 1. The van der Waals surface area contributed by atoms with E-state index in [0.29, 0.717) is 61.5 Å². The van der Waals surface area contributed by atoms with E-state index in [1.165, 1.54) is 6.07 Å². The number of rotatable bonds is 6. The second-order valence-electron chi connectivity index (χ2n) is 10.3. The van der Waals surface area contributed by atoms with Gasteiger partial charge in [0.2, 0.25) is 11.8 Å². The lowest BCUT2D eigenvalue weighted by Gasteiger charge is -2.42. The standard InChI is InChI=1S/C29H34FN3O6/c1-33-24-8-7-21(15-27(34)31-16-19-4-2-3-5-23(19)30)39-26(24)17-38-25-9-6-20(14-22(25)29(33)36)32-28(35)18-10-12-37-13-11-18/h2-6,9,14,18,21,24,26H,7-8,10-13,15-17H2,1H3,(H,31,34)(H,32,35)/t21-,24+,26-/m1/s1. The zero-order valence-electron chi connectivity index (χ0n) is 22.0. The minimum atomic E-state index is -0.405. The fourth-order valence-electron chi connectivity index (χ4n) is 5.42. The average Bonchev–Trinajstić information content (AvgIpc) is 2.95. The molecule has 2 fully saturated rings. The molecule has 2 aromatic carbocycles. The van der Waals surface area contributed by atoms with Crippen molar-refractivity contribution in [2.75, 3.05) is 32.2 Å². The summed E-state index contributed by atoms with van der Waals surface area (Å²) in [6.45, 7) is 1.47. The molecule has 208 valence electrons. The summed E-state index contributed by atoms with van der Waals surface area (Å²) < 4.78 is 31.4. The number of halogens is 1. The normalized spacial score (nSPS) is 23.5. The summed E-state index contributed by atoms with van der Waals surface area (Å²) in [5.41, 5.74) is 1.36. The second kappa shape index (κ2) is 12.1. The predicted octanol–water partition coefficient (Wildman–Crippen LogP) is 3.28.